The molecule has 2 aromatic carbocycles. The van der Waals surface area contributed by atoms with E-state index < -0.39 is 0 Å². The summed E-state index contributed by atoms with van der Waals surface area (Å²) in [5.41, 5.74) is 7.19. The van der Waals surface area contributed by atoms with Gasteiger partial charge in [0.25, 0.3) is 0 Å². The summed E-state index contributed by atoms with van der Waals surface area (Å²) in [6, 6.07) is 14.5. The van der Waals surface area contributed by atoms with E-state index in [4.69, 9.17) is 15.7 Å². The van der Waals surface area contributed by atoms with E-state index in [0.717, 1.165) is 34.9 Å². The van der Waals surface area contributed by atoms with Crippen molar-refractivity contribution in [3.63, 3.8) is 0 Å². The molecule has 1 atom stereocenters. The quantitative estimate of drug-likeness (QED) is 0.902. The Hall–Kier alpha value is -2.05. The van der Waals surface area contributed by atoms with Gasteiger partial charge in [0.15, 0.2) is 0 Å². The molecule has 1 fully saturated rings. The first-order chi connectivity index (χ1) is 10.2. The first kappa shape index (κ1) is 13.9. The summed E-state index contributed by atoms with van der Waals surface area (Å²) < 4.78 is 6.16. The van der Waals surface area contributed by atoms with E-state index in [1.54, 1.807) is 0 Å². The summed E-state index contributed by atoms with van der Waals surface area (Å²) in [4.78, 5) is 0. The van der Waals surface area contributed by atoms with Crippen LogP contribution in [0.1, 0.15) is 37.8 Å². The first-order valence-electron chi connectivity index (χ1n) is 7.42. The highest BCUT2D eigenvalue weighted by atomic mass is 16.5. The van der Waals surface area contributed by atoms with Gasteiger partial charge in [0.1, 0.15) is 5.75 Å². The molecule has 0 aromatic heterocycles. The monoisotopic (exact) mass is 280 g/mol. The molecule has 108 valence electrons. The van der Waals surface area contributed by atoms with Gasteiger partial charge >= 0.3 is 0 Å². The predicted molar refractivity (Wildman–Crippen MR) is 83.9 cm³/mol. The smallest absolute Gasteiger partial charge is 0.131 e. The van der Waals surface area contributed by atoms with Crippen LogP contribution in [-0.2, 0) is 0 Å². The molecule has 3 rings (SSSR count). The Balaban J connectivity index is 1.95. The first-order valence-corrected chi connectivity index (χ1v) is 7.42. The molecule has 2 N–H and O–H groups in total. The number of hydrogen-bond acceptors (Lipinski definition) is 3. The van der Waals surface area contributed by atoms with E-state index in [9.17, 15) is 0 Å². The van der Waals surface area contributed by atoms with Crippen LogP contribution in [0.3, 0.4) is 0 Å². The van der Waals surface area contributed by atoms with Gasteiger partial charge in [-0.05, 0) is 25.2 Å². The van der Waals surface area contributed by atoms with E-state index in [1.807, 2.05) is 25.1 Å². The van der Waals surface area contributed by atoms with Crippen LogP contribution in [0, 0.1) is 16.7 Å². The molecule has 1 aliphatic carbocycles. The van der Waals surface area contributed by atoms with Crippen molar-refractivity contribution in [1.82, 2.24) is 0 Å². The molecule has 0 aliphatic heterocycles. The van der Waals surface area contributed by atoms with Crippen LogP contribution in [0.25, 0.3) is 10.8 Å². The van der Waals surface area contributed by atoms with Crippen LogP contribution >= 0.6 is 0 Å². The van der Waals surface area contributed by atoms with Gasteiger partial charge in [0.2, 0.25) is 0 Å². The summed E-state index contributed by atoms with van der Waals surface area (Å²) in [7, 11) is 0. The Labute approximate surface area is 125 Å². The Kier molecular flexibility index (Phi) is 3.57. The van der Waals surface area contributed by atoms with Crippen molar-refractivity contribution >= 4 is 10.8 Å². The summed E-state index contributed by atoms with van der Waals surface area (Å²) in [6.07, 6.45) is 2.74. The molecule has 3 heteroatoms. The zero-order valence-corrected chi connectivity index (χ0v) is 12.3. The van der Waals surface area contributed by atoms with Crippen molar-refractivity contribution in [1.29, 1.82) is 5.26 Å². The lowest BCUT2D eigenvalue weighted by Crippen LogP contribution is -2.15. The highest BCUT2D eigenvalue weighted by Gasteiger charge is 2.43. The molecule has 0 bridgehead atoms. The Morgan fingerprint density at radius 2 is 2.05 bits per heavy atom. The fourth-order valence-electron chi connectivity index (χ4n) is 2.72. The topological polar surface area (TPSA) is 59.0 Å². The number of nitrogens with two attached hydrogens (primary N) is 1. The van der Waals surface area contributed by atoms with Gasteiger partial charge in [-0.25, -0.2) is 0 Å². The van der Waals surface area contributed by atoms with Crippen LogP contribution in [0.2, 0.25) is 0 Å². The summed E-state index contributed by atoms with van der Waals surface area (Å²) >= 11 is 0. The molecule has 0 saturated heterocycles. The maximum Gasteiger partial charge on any atom is 0.131 e. The minimum atomic E-state index is -0.0734. The third-order valence-electron chi connectivity index (χ3n) is 4.33. The summed E-state index contributed by atoms with van der Waals surface area (Å²) in [6.45, 7) is 2.58. The molecule has 0 amide bonds. The zero-order valence-electron chi connectivity index (χ0n) is 12.3. The van der Waals surface area contributed by atoms with Crippen LogP contribution in [-0.4, -0.2) is 6.61 Å². The molecule has 3 nitrogen and oxygen atoms in total. The van der Waals surface area contributed by atoms with E-state index in [-0.39, 0.29) is 11.5 Å². The van der Waals surface area contributed by atoms with Gasteiger partial charge in [-0.1, -0.05) is 36.4 Å². The van der Waals surface area contributed by atoms with E-state index in [0.29, 0.717) is 13.0 Å². The molecule has 1 aliphatic rings. The predicted octanol–water partition coefficient (Wildman–Crippen LogP) is 3.93. The molecule has 0 radical (unpaired) electrons. The molecule has 0 heterocycles. The summed E-state index contributed by atoms with van der Waals surface area (Å²) in [5, 5.41) is 11.2. The SMILES string of the molecule is C[C@H](N)c1ccc2ccccc2c1OCC1(CC#N)CC1. The number of benzene rings is 2. The van der Waals surface area contributed by atoms with Crippen LogP contribution in [0.15, 0.2) is 36.4 Å². The highest BCUT2D eigenvalue weighted by Crippen LogP contribution is 2.49. The number of hydrogen-bond donors (Lipinski definition) is 1. The number of nitriles is 1. The number of fused-ring (bicyclic) bond motifs is 1. The maximum absolute atomic E-state index is 8.93. The van der Waals surface area contributed by atoms with Crippen molar-refractivity contribution in [3.8, 4) is 11.8 Å². The minimum absolute atomic E-state index is 0.0702. The third kappa shape index (κ3) is 2.72. The normalized spacial score (nSPS) is 17.2. The lowest BCUT2D eigenvalue weighted by Gasteiger charge is -2.19. The Morgan fingerprint density at radius 3 is 2.71 bits per heavy atom. The molecule has 1 saturated carbocycles. The maximum atomic E-state index is 8.93. The van der Waals surface area contributed by atoms with Gasteiger partial charge in [-0.15, -0.1) is 0 Å². The molecule has 0 unspecified atom stereocenters. The number of rotatable bonds is 5. The average Bonchev–Trinajstić information content (AvgIpc) is 3.25. The van der Waals surface area contributed by atoms with Gasteiger partial charge in [0.05, 0.1) is 12.7 Å². The van der Waals surface area contributed by atoms with Gasteiger partial charge in [-0.3, -0.25) is 0 Å². The second kappa shape index (κ2) is 5.38. The zero-order chi connectivity index (χ0) is 14.9. The average molecular weight is 280 g/mol. The fourth-order valence-corrected chi connectivity index (χ4v) is 2.72. The van der Waals surface area contributed by atoms with Crippen LogP contribution in [0.5, 0.6) is 5.75 Å². The summed E-state index contributed by atoms with van der Waals surface area (Å²) in [5.74, 6) is 0.882. The standard InChI is InChI=1S/C18H20N2O/c1-13(20)15-7-6-14-4-2-3-5-16(14)17(15)21-12-18(8-9-18)10-11-19/h2-7,13H,8-10,12,20H2,1H3/t13-/m0/s1. The fraction of sp³-hybridized carbons (Fsp3) is 0.389. The Morgan fingerprint density at radius 1 is 1.29 bits per heavy atom. The van der Waals surface area contributed by atoms with Gasteiger partial charge in [-0.2, -0.15) is 5.26 Å². The Bertz CT molecular complexity index is 696. The molecule has 21 heavy (non-hydrogen) atoms. The molecule has 0 spiro atoms. The van der Waals surface area contributed by atoms with E-state index >= 15 is 0 Å². The number of ether oxygens (including phenoxy) is 1. The molecular weight excluding hydrogens is 260 g/mol. The number of nitrogens with zero attached hydrogens (tertiary/aromatic N) is 1. The lowest BCUT2D eigenvalue weighted by molar-refractivity contribution is 0.236. The second-order valence-electron chi connectivity index (χ2n) is 6.12. The van der Waals surface area contributed by atoms with Crippen molar-refractivity contribution < 1.29 is 4.74 Å². The highest BCUT2D eigenvalue weighted by molar-refractivity contribution is 5.89. The minimum Gasteiger partial charge on any atom is -0.492 e. The largest absolute Gasteiger partial charge is 0.492 e. The van der Waals surface area contributed by atoms with Gasteiger partial charge < -0.3 is 10.5 Å². The van der Waals surface area contributed by atoms with Crippen LogP contribution in [0.4, 0.5) is 0 Å². The molecule has 2 aromatic rings. The second-order valence-corrected chi connectivity index (χ2v) is 6.12. The molecular formula is C18H20N2O. The van der Waals surface area contributed by atoms with Crippen molar-refractivity contribution in [2.24, 2.45) is 11.1 Å². The van der Waals surface area contributed by atoms with Gasteiger partial charge in [0, 0.05) is 28.8 Å². The van der Waals surface area contributed by atoms with Crippen LogP contribution < -0.4 is 10.5 Å². The van der Waals surface area contributed by atoms with E-state index in [1.165, 1.54) is 0 Å². The van der Waals surface area contributed by atoms with Crippen molar-refractivity contribution in [3.05, 3.63) is 42.0 Å². The van der Waals surface area contributed by atoms with E-state index in [2.05, 4.69) is 24.3 Å². The third-order valence-corrected chi connectivity index (χ3v) is 4.33. The van der Waals surface area contributed by atoms with Crippen molar-refractivity contribution in [2.75, 3.05) is 6.61 Å². The lowest BCUT2D eigenvalue weighted by atomic mass is 10.0. The van der Waals surface area contributed by atoms with Crippen molar-refractivity contribution in [2.45, 2.75) is 32.2 Å².